The number of carbonyl (C=O) groups excluding carboxylic acids is 1. The van der Waals surface area contributed by atoms with Gasteiger partial charge < -0.3 is 10.2 Å². The number of amides is 1. The monoisotopic (exact) mass is 313 g/mol. The maximum absolute atomic E-state index is 12.6. The van der Waals surface area contributed by atoms with E-state index in [1.807, 2.05) is 16.7 Å². The molecule has 110 valence electrons. The molecule has 2 rings (SSSR count). The highest BCUT2D eigenvalue weighted by molar-refractivity contribution is 7.99. The summed E-state index contributed by atoms with van der Waals surface area (Å²) in [5.41, 5.74) is 0.613. The van der Waals surface area contributed by atoms with E-state index in [2.05, 4.69) is 24.1 Å². The van der Waals surface area contributed by atoms with Gasteiger partial charge in [0.1, 0.15) is 11.0 Å². The normalized spacial score (nSPS) is 18.9. The van der Waals surface area contributed by atoms with Crippen molar-refractivity contribution in [3.05, 3.63) is 22.8 Å². The molecule has 1 aromatic heterocycles. The summed E-state index contributed by atoms with van der Waals surface area (Å²) in [6, 6.07) is 3.70. The first-order valence-corrected chi connectivity index (χ1v) is 8.45. The van der Waals surface area contributed by atoms with E-state index >= 15 is 0 Å². The Kier molecular flexibility index (Phi) is 5.54. The summed E-state index contributed by atoms with van der Waals surface area (Å²) in [5, 5.41) is 3.53. The molecule has 1 N–H and O–H groups in total. The predicted molar refractivity (Wildman–Crippen MR) is 85.9 cm³/mol. The number of nitrogens with zero attached hydrogens (tertiary/aromatic N) is 2. The molecule has 6 heteroatoms. The number of hydrogen-bond acceptors (Lipinski definition) is 4. The van der Waals surface area contributed by atoms with E-state index < -0.39 is 0 Å². The molecule has 1 saturated heterocycles. The van der Waals surface area contributed by atoms with E-state index in [0.717, 1.165) is 31.0 Å². The highest BCUT2D eigenvalue weighted by Crippen LogP contribution is 2.21. The minimum absolute atomic E-state index is 0.0432. The highest BCUT2D eigenvalue weighted by atomic mass is 35.5. The quantitative estimate of drug-likeness (QED) is 0.867. The Balaban J connectivity index is 2.18. The Morgan fingerprint density at radius 3 is 3.10 bits per heavy atom. The van der Waals surface area contributed by atoms with Crippen molar-refractivity contribution in [2.75, 3.05) is 29.9 Å². The minimum atomic E-state index is 0.0432. The van der Waals surface area contributed by atoms with E-state index in [0.29, 0.717) is 16.5 Å². The van der Waals surface area contributed by atoms with Crippen molar-refractivity contribution in [2.24, 2.45) is 0 Å². The Hall–Kier alpha value is -0.940. The van der Waals surface area contributed by atoms with E-state index in [4.69, 9.17) is 11.6 Å². The van der Waals surface area contributed by atoms with Crippen LogP contribution in [-0.4, -0.2) is 46.4 Å². The first kappa shape index (κ1) is 15.4. The van der Waals surface area contributed by atoms with Gasteiger partial charge in [-0.1, -0.05) is 18.5 Å². The van der Waals surface area contributed by atoms with Gasteiger partial charge in [0, 0.05) is 36.2 Å². The SMILES string of the molecule is CCCNc1cc(C(=O)N2CCSCC2C)cc(Cl)n1. The predicted octanol–water partition coefficient (Wildman–Crippen LogP) is 3.13. The van der Waals surface area contributed by atoms with Crippen molar-refractivity contribution in [3.8, 4) is 0 Å². The van der Waals surface area contributed by atoms with Crippen LogP contribution in [0.4, 0.5) is 5.82 Å². The van der Waals surface area contributed by atoms with Crippen molar-refractivity contribution in [3.63, 3.8) is 0 Å². The first-order chi connectivity index (χ1) is 9.61. The molecule has 0 bridgehead atoms. The van der Waals surface area contributed by atoms with E-state index in [-0.39, 0.29) is 11.9 Å². The van der Waals surface area contributed by atoms with Gasteiger partial charge in [-0.05, 0) is 25.5 Å². The lowest BCUT2D eigenvalue weighted by molar-refractivity contribution is 0.0716. The van der Waals surface area contributed by atoms with Gasteiger partial charge in [0.15, 0.2) is 0 Å². The number of aromatic nitrogens is 1. The summed E-state index contributed by atoms with van der Waals surface area (Å²) in [5.74, 6) is 2.70. The number of halogens is 1. The second-order valence-corrected chi connectivity index (χ2v) is 6.45. The molecule has 1 aliphatic heterocycles. The third-order valence-corrected chi connectivity index (χ3v) is 4.61. The van der Waals surface area contributed by atoms with Crippen LogP contribution in [0.25, 0.3) is 0 Å². The number of nitrogens with one attached hydrogen (secondary N) is 1. The molecule has 0 radical (unpaired) electrons. The molecule has 1 aromatic rings. The van der Waals surface area contributed by atoms with Gasteiger partial charge in [0.2, 0.25) is 0 Å². The van der Waals surface area contributed by atoms with Gasteiger partial charge in [-0.25, -0.2) is 4.98 Å². The lowest BCUT2D eigenvalue weighted by atomic mass is 10.2. The van der Waals surface area contributed by atoms with Gasteiger partial charge in [-0.15, -0.1) is 0 Å². The molecule has 1 aliphatic rings. The molecule has 0 saturated carbocycles. The van der Waals surface area contributed by atoms with Gasteiger partial charge in [-0.3, -0.25) is 4.79 Å². The molecule has 0 spiro atoms. The van der Waals surface area contributed by atoms with Crippen molar-refractivity contribution >= 4 is 35.1 Å². The average Bonchev–Trinajstić information content (AvgIpc) is 2.44. The molecular formula is C14H20ClN3OS. The molecule has 1 atom stereocenters. The fraction of sp³-hybridized carbons (Fsp3) is 0.571. The summed E-state index contributed by atoms with van der Waals surface area (Å²) < 4.78 is 0. The molecule has 2 heterocycles. The van der Waals surface area contributed by atoms with Crippen molar-refractivity contribution in [1.29, 1.82) is 0 Å². The van der Waals surface area contributed by atoms with Crippen molar-refractivity contribution < 1.29 is 4.79 Å². The van der Waals surface area contributed by atoms with Crippen LogP contribution >= 0.6 is 23.4 Å². The second kappa shape index (κ2) is 7.18. The maximum atomic E-state index is 12.6. The lowest BCUT2D eigenvalue weighted by Gasteiger charge is -2.33. The third-order valence-electron chi connectivity index (χ3n) is 3.23. The molecular weight excluding hydrogens is 294 g/mol. The maximum Gasteiger partial charge on any atom is 0.254 e. The van der Waals surface area contributed by atoms with Crippen LogP contribution in [0.15, 0.2) is 12.1 Å². The number of thioether (sulfide) groups is 1. The molecule has 1 amide bonds. The van der Waals surface area contributed by atoms with Gasteiger partial charge in [0.05, 0.1) is 0 Å². The topological polar surface area (TPSA) is 45.2 Å². The summed E-state index contributed by atoms with van der Waals surface area (Å²) >= 11 is 7.91. The summed E-state index contributed by atoms with van der Waals surface area (Å²) in [6.45, 7) is 5.78. The fourth-order valence-corrected chi connectivity index (χ4v) is 3.38. The van der Waals surface area contributed by atoms with Gasteiger partial charge in [-0.2, -0.15) is 11.8 Å². The molecule has 20 heavy (non-hydrogen) atoms. The molecule has 1 unspecified atom stereocenters. The van der Waals surface area contributed by atoms with Gasteiger partial charge in [0.25, 0.3) is 5.91 Å². The zero-order valence-corrected chi connectivity index (χ0v) is 13.4. The standard InChI is InChI=1S/C14H20ClN3OS/c1-3-4-16-13-8-11(7-12(15)17-13)14(19)18-5-6-20-9-10(18)2/h7-8,10H,3-6,9H2,1-2H3,(H,16,17). The average molecular weight is 314 g/mol. The van der Waals surface area contributed by atoms with Crippen molar-refractivity contribution in [2.45, 2.75) is 26.3 Å². The van der Waals surface area contributed by atoms with Crippen LogP contribution < -0.4 is 5.32 Å². The Morgan fingerprint density at radius 2 is 2.40 bits per heavy atom. The van der Waals surface area contributed by atoms with Crippen LogP contribution in [0.2, 0.25) is 5.15 Å². The zero-order chi connectivity index (χ0) is 14.5. The number of pyridine rings is 1. The molecule has 4 nitrogen and oxygen atoms in total. The summed E-state index contributed by atoms with van der Waals surface area (Å²) in [6.07, 6.45) is 0.998. The molecule has 0 aliphatic carbocycles. The Bertz CT molecular complexity index is 483. The summed E-state index contributed by atoms with van der Waals surface area (Å²) in [7, 11) is 0. The molecule has 1 fully saturated rings. The third kappa shape index (κ3) is 3.79. The number of rotatable bonds is 4. The van der Waals surface area contributed by atoms with Crippen molar-refractivity contribution in [1.82, 2.24) is 9.88 Å². The van der Waals surface area contributed by atoms with Crippen LogP contribution in [-0.2, 0) is 0 Å². The highest BCUT2D eigenvalue weighted by Gasteiger charge is 2.25. The molecule has 0 aromatic carbocycles. The summed E-state index contributed by atoms with van der Waals surface area (Å²) in [4.78, 5) is 18.7. The largest absolute Gasteiger partial charge is 0.370 e. The Morgan fingerprint density at radius 1 is 1.60 bits per heavy atom. The van der Waals surface area contributed by atoms with Crippen LogP contribution in [0.3, 0.4) is 0 Å². The lowest BCUT2D eigenvalue weighted by Crippen LogP contribution is -2.44. The smallest absolute Gasteiger partial charge is 0.254 e. The van der Waals surface area contributed by atoms with Crippen LogP contribution in [0, 0.1) is 0 Å². The van der Waals surface area contributed by atoms with E-state index in [1.54, 1.807) is 12.1 Å². The first-order valence-electron chi connectivity index (χ1n) is 6.92. The number of carbonyl (C=O) groups is 1. The number of hydrogen-bond donors (Lipinski definition) is 1. The van der Waals surface area contributed by atoms with Crippen LogP contribution in [0.5, 0.6) is 0 Å². The Labute approximate surface area is 129 Å². The van der Waals surface area contributed by atoms with Crippen LogP contribution in [0.1, 0.15) is 30.6 Å². The van der Waals surface area contributed by atoms with E-state index in [1.165, 1.54) is 0 Å². The van der Waals surface area contributed by atoms with Gasteiger partial charge >= 0.3 is 0 Å². The number of anilines is 1. The minimum Gasteiger partial charge on any atom is -0.370 e. The second-order valence-electron chi connectivity index (χ2n) is 4.91. The van der Waals surface area contributed by atoms with E-state index in [9.17, 15) is 4.79 Å². The zero-order valence-electron chi connectivity index (χ0n) is 11.9. The fourth-order valence-electron chi connectivity index (χ4n) is 2.16.